The van der Waals surface area contributed by atoms with Crippen LogP contribution in [-0.2, 0) is 4.57 Å². The van der Waals surface area contributed by atoms with E-state index in [1.54, 1.807) is 45.4 Å². The number of hydrogen-bond donors (Lipinski definition) is 1. The number of nitrogens with zero attached hydrogens (tertiary/aromatic N) is 2. The van der Waals surface area contributed by atoms with E-state index in [1.807, 2.05) is 0 Å². The Morgan fingerprint density at radius 2 is 1.75 bits per heavy atom. The van der Waals surface area contributed by atoms with Gasteiger partial charge in [-0.25, -0.2) is 23.1 Å². The maximum absolute atomic E-state index is 14.5. The molecule has 28 heavy (non-hydrogen) atoms. The molecule has 1 heterocycles. The first-order chi connectivity index (χ1) is 13.1. The molecule has 1 atom stereocenters. The highest BCUT2D eigenvalue weighted by atomic mass is 31.2. The van der Waals surface area contributed by atoms with Gasteiger partial charge in [0, 0.05) is 16.3 Å². The van der Waals surface area contributed by atoms with Crippen LogP contribution in [0, 0.1) is 12.7 Å². The Morgan fingerprint density at radius 3 is 2.39 bits per heavy atom. The molecule has 148 valence electrons. The highest BCUT2D eigenvalue weighted by Crippen LogP contribution is 2.36. The summed E-state index contributed by atoms with van der Waals surface area (Å²) < 4.78 is 53.0. The van der Waals surface area contributed by atoms with Gasteiger partial charge in [0.2, 0.25) is 0 Å². The van der Waals surface area contributed by atoms with E-state index < -0.39 is 31.0 Å². The number of rotatable bonds is 5. The molecule has 0 aliphatic rings. The van der Waals surface area contributed by atoms with Gasteiger partial charge in [-0.1, -0.05) is 18.2 Å². The van der Waals surface area contributed by atoms with Crippen LogP contribution in [0.1, 0.15) is 36.3 Å². The second-order valence-corrected chi connectivity index (χ2v) is 10.3. The summed E-state index contributed by atoms with van der Waals surface area (Å²) in [7, 11) is -2.50. The van der Waals surface area contributed by atoms with Crippen LogP contribution in [0.5, 0.6) is 0 Å². The molecule has 3 rings (SSSR count). The maximum atomic E-state index is 14.5. The minimum atomic E-state index is -2.89. The summed E-state index contributed by atoms with van der Waals surface area (Å²) >= 11 is 0. The van der Waals surface area contributed by atoms with Crippen LogP contribution >= 0.6 is 7.14 Å². The van der Waals surface area contributed by atoms with Gasteiger partial charge in [0.25, 0.3) is 6.43 Å². The van der Waals surface area contributed by atoms with E-state index in [-0.39, 0.29) is 5.56 Å². The van der Waals surface area contributed by atoms with Crippen molar-refractivity contribution in [3.8, 4) is 0 Å². The van der Waals surface area contributed by atoms with Crippen LogP contribution in [0.15, 0.2) is 36.4 Å². The highest BCUT2D eigenvalue weighted by molar-refractivity contribution is 7.70. The van der Waals surface area contributed by atoms with E-state index in [1.165, 1.54) is 12.1 Å². The smallest absolute Gasteiger partial charge is 0.266 e. The van der Waals surface area contributed by atoms with Crippen LogP contribution in [0.3, 0.4) is 0 Å². The molecule has 0 saturated heterocycles. The van der Waals surface area contributed by atoms with E-state index in [0.29, 0.717) is 27.8 Å². The van der Waals surface area contributed by atoms with Crippen LogP contribution in [0.4, 0.5) is 19.0 Å². The van der Waals surface area contributed by atoms with Crippen molar-refractivity contribution in [2.24, 2.45) is 0 Å². The van der Waals surface area contributed by atoms with Crippen molar-refractivity contribution in [3.63, 3.8) is 0 Å². The average Bonchev–Trinajstić information content (AvgIpc) is 2.60. The van der Waals surface area contributed by atoms with Gasteiger partial charge in [0.1, 0.15) is 24.6 Å². The predicted octanol–water partition coefficient (Wildman–Crippen LogP) is 5.44. The minimum absolute atomic E-state index is 0.120. The molecule has 0 fully saturated rings. The Kier molecular flexibility index (Phi) is 5.48. The lowest BCUT2D eigenvalue weighted by Crippen LogP contribution is -2.13. The molecule has 0 aliphatic heterocycles. The van der Waals surface area contributed by atoms with Crippen LogP contribution in [0.25, 0.3) is 10.9 Å². The van der Waals surface area contributed by atoms with Crippen molar-refractivity contribution in [1.82, 2.24) is 9.97 Å². The zero-order valence-electron chi connectivity index (χ0n) is 16.0. The Morgan fingerprint density at radius 1 is 1.07 bits per heavy atom. The van der Waals surface area contributed by atoms with Crippen LogP contribution in [-0.4, -0.2) is 23.3 Å². The largest absolute Gasteiger partial charge is 0.363 e. The fraction of sp³-hybridized carbons (Fsp3) is 0.300. The molecule has 4 nitrogen and oxygen atoms in total. The number of aryl methyl sites for hydroxylation is 1. The van der Waals surface area contributed by atoms with Gasteiger partial charge in [0.15, 0.2) is 0 Å². The van der Waals surface area contributed by atoms with E-state index in [0.717, 1.165) is 6.07 Å². The van der Waals surface area contributed by atoms with Crippen molar-refractivity contribution in [3.05, 3.63) is 59.2 Å². The van der Waals surface area contributed by atoms with E-state index in [9.17, 15) is 17.7 Å². The predicted molar refractivity (Wildman–Crippen MR) is 107 cm³/mol. The van der Waals surface area contributed by atoms with Gasteiger partial charge >= 0.3 is 0 Å². The molecule has 8 heteroatoms. The molecule has 0 bridgehead atoms. The summed E-state index contributed by atoms with van der Waals surface area (Å²) in [6, 6.07) is 8.64. The van der Waals surface area contributed by atoms with E-state index in [4.69, 9.17) is 0 Å². The monoisotopic (exact) mass is 407 g/mol. The van der Waals surface area contributed by atoms with Gasteiger partial charge in [-0.2, -0.15) is 0 Å². The van der Waals surface area contributed by atoms with Crippen LogP contribution in [0.2, 0.25) is 0 Å². The summed E-state index contributed by atoms with van der Waals surface area (Å²) in [5.41, 5.74) is 0.145. The maximum Gasteiger partial charge on any atom is 0.266 e. The van der Waals surface area contributed by atoms with Gasteiger partial charge < -0.3 is 9.88 Å². The summed E-state index contributed by atoms with van der Waals surface area (Å²) in [5.74, 6) is 0.0139. The van der Waals surface area contributed by atoms with Crippen molar-refractivity contribution in [2.45, 2.75) is 26.3 Å². The topological polar surface area (TPSA) is 54.9 Å². The quantitative estimate of drug-likeness (QED) is 0.573. The molecule has 3 aromatic rings. The molecule has 1 unspecified atom stereocenters. The van der Waals surface area contributed by atoms with E-state index in [2.05, 4.69) is 15.3 Å². The van der Waals surface area contributed by atoms with Crippen LogP contribution < -0.4 is 10.6 Å². The summed E-state index contributed by atoms with van der Waals surface area (Å²) in [6.07, 6.45) is -2.89. The molecule has 0 saturated carbocycles. The Bertz CT molecular complexity index is 1080. The summed E-state index contributed by atoms with van der Waals surface area (Å²) in [4.78, 5) is 8.77. The molecule has 0 radical (unpaired) electrons. The van der Waals surface area contributed by atoms with Gasteiger partial charge in [-0.15, -0.1) is 0 Å². The third-order valence-electron chi connectivity index (χ3n) is 4.53. The average molecular weight is 407 g/mol. The summed E-state index contributed by atoms with van der Waals surface area (Å²) in [6.45, 7) is 6.74. The molecule has 1 N–H and O–H groups in total. The second kappa shape index (κ2) is 7.55. The number of hydrogen-bond acceptors (Lipinski definition) is 4. The molecule has 0 aliphatic carbocycles. The first kappa shape index (κ1) is 20.3. The zero-order valence-corrected chi connectivity index (χ0v) is 16.9. The fourth-order valence-electron chi connectivity index (χ4n) is 3.03. The standard InChI is InChI=1S/C20H21F3N3OP/c1-11(14-6-5-7-15(18(14)21)19(22)23)24-20-16-10-13(28(3,4)27)8-9-17(16)25-12(2)26-20/h5-11,19H,1-4H3,(H,24,25,26). The van der Waals surface area contributed by atoms with Crippen molar-refractivity contribution < 1.29 is 17.7 Å². The van der Waals surface area contributed by atoms with Crippen molar-refractivity contribution in [2.75, 3.05) is 18.6 Å². The number of alkyl halides is 2. The van der Waals surface area contributed by atoms with E-state index >= 15 is 0 Å². The summed E-state index contributed by atoms with van der Waals surface area (Å²) in [5, 5.41) is 4.42. The molecular weight excluding hydrogens is 386 g/mol. The normalized spacial score (nSPS) is 13.1. The fourth-order valence-corrected chi connectivity index (χ4v) is 3.91. The lowest BCUT2D eigenvalue weighted by atomic mass is 10.0. The Hall–Kier alpha value is -2.40. The Labute approximate surface area is 161 Å². The van der Waals surface area contributed by atoms with Gasteiger partial charge in [-0.05, 0) is 45.4 Å². The lowest BCUT2D eigenvalue weighted by molar-refractivity contribution is 0.146. The second-order valence-electron chi connectivity index (χ2n) is 7.09. The molecule has 0 amide bonds. The number of halogens is 3. The van der Waals surface area contributed by atoms with Gasteiger partial charge in [0.05, 0.1) is 17.1 Å². The molecule has 2 aromatic carbocycles. The third kappa shape index (κ3) is 4.04. The minimum Gasteiger partial charge on any atom is -0.363 e. The number of nitrogens with one attached hydrogen (secondary N) is 1. The number of benzene rings is 2. The SMILES string of the molecule is Cc1nc(NC(C)c2cccc(C(F)F)c2F)c2cc(P(C)(C)=O)ccc2n1. The molecule has 0 spiro atoms. The highest BCUT2D eigenvalue weighted by Gasteiger charge is 2.21. The van der Waals surface area contributed by atoms with Crippen molar-refractivity contribution >= 4 is 29.2 Å². The number of anilines is 1. The van der Waals surface area contributed by atoms with Crippen molar-refractivity contribution in [1.29, 1.82) is 0 Å². The van der Waals surface area contributed by atoms with Gasteiger partial charge in [-0.3, -0.25) is 0 Å². The number of aromatic nitrogens is 2. The lowest BCUT2D eigenvalue weighted by Gasteiger charge is -2.19. The number of fused-ring (bicyclic) bond motifs is 1. The molecule has 1 aromatic heterocycles. The molecular formula is C20H21F3N3OP. The first-order valence-electron chi connectivity index (χ1n) is 8.75. The first-order valence-corrected chi connectivity index (χ1v) is 11.3. The zero-order chi connectivity index (χ0) is 20.6. The third-order valence-corrected chi connectivity index (χ3v) is 6.05. The Balaban J connectivity index is 2.06.